The summed E-state index contributed by atoms with van der Waals surface area (Å²) in [4.78, 5) is 13.3. The van der Waals surface area contributed by atoms with Crippen LogP contribution in [0.25, 0.3) is 55.0 Å². The number of carbonyl (C=O) groups is 1. The van der Waals surface area contributed by atoms with Crippen molar-refractivity contribution in [1.82, 2.24) is 9.13 Å². The van der Waals surface area contributed by atoms with Gasteiger partial charge in [0.2, 0.25) is 0 Å². The molecule has 0 spiro atoms. The Morgan fingerprint density at radius 2 is 0.907 bits per heavy atom. The van der Waals surface area contributed by atoms with Crippen LogP contribution in [0.3, 0.4) is 0 Å². The summed E-state index contributed by atoms with van der Waals surface area (Å²) in [5.74, 6) is 0. The molecule has 0 saturated carbocycles. The Kier molecular flexibility index (Phi) is 5.76. The van der Waals surface area contributed by atoms with Crippen LogP contribution < -0.4 is 10.6 Å². The Labute approximate surface area is 248 Å². The largest absolute Gasteiger partial charge is 0.323 e. The molecular formula is C38H28N4O. The van der Waals surface area contributed by atoms with Crippen molar-refractivity contribution in [2.75, 3.05) is 10.6 Å². The molecule has 0 aliphatic carbocycles. The Balaban J connectivity index is 1.12. The van der Waals surface area contributed by atoms with Gasteiger partial charge in [-0.1, -0.05) is 78.9 Å². The number of hydrogen-bond donors (Lipinski definition) is 2. The first kappa shape index (κ1) is 24.9. The average Bonchev–Trinajstić information content (AvgIpc) is 3.54. The van der Waals surface area contributed by atoms with E-state index in [2.05, 4.69) is 136 Å². The van der Waals surface area contributed by atoms with Crippen molar-refractivity contribution in [2.45, 2.75) is 6.92 Å². The van der Waals surface area contributed by atoms with Gasteiger partial charge in [-0.3, -0.25) is 0 Å². The molecule has 0 atom stereocenters. The van der Waals surface area contributed by atoms with Crippen molar-refractivity contribution >= 4 is 61.0 Å². The molecule has 2 amide bonds. The maximum absolute atomic E-state index is 13.3. The van der Waals surface area contributed by atoms with Gasteiger partial charge >= 0.3 is 6.03 Å². The first-order valence-corrected chi connectivity index (χ1v) is 14.4. The fourth-order valence-corrected chi connectivity index (χ4v) is 6.38. The van der Waals surface area contributed by atoms with E-state index in [0.717, 1.165) is 44.7 Å². The molecule has 0 bridgehead atoms. The molecule has 6 aromatic carbocycles. The van der Waals surface area contributed by atoms with E-state index in [1.165, 1.54) is 21.5 Å². The maximum atomic E-state index is 13.3. The lowest BCUT2D eigenvalue weighted by molar-refractivity contribution is 0.262. The zero-order valence-corrected chi connectivity index (χ0v) is 23.6. The van der Waals surface area contributed by atoms with Gasteiger partial charge in [0.05, 0.1) is 22.1 Å². The third kappa shape index (κ3) is 4.21. The van der Waals surface area contributed by atoms with Crippen molar-refractivity contribution in [3.05, 3.63) is 145 Å². The molecule has 2 aromatic heterocycles. The first-order chi connectivity index (χ1) is 21.1. The van der Waals surface area contributed by atoms with Gasteiger partial charge in [0.15, 0.2) is 0 Å². The minimum atomic E-state index is -0.293. The van der Waals surface area contributed by atoms with Crippen LogP contribution in [0.4, 0.5) is 16.2 Å². The third-order valence-corrected chi connectivity index (χ3v) is 8.10. The predicted molar refractivity (Wildman–Crippen MR) is 179 cm³/mol. The number of urea groups is 1. The molecule has 0 radical (unpaired) electrons. The van der Waals surface area contributed by atoms with Crippen LogP contribution in [0.1, 0.15) is 5.56 Å². The van der Waals surface area contributed by atoms with Crippen molar-refractivity contribution in [1.29, 1.82) is 0 Å². The monoisotopic (exact) mass is 556 g/mol. The molecule has 8 rings (SSSR count). The first-order valence-electron chi connectivity index (χ1n) is 14.4. The Morgan fingerprint density at radius 1 is 0.465 bits per heavy atom. The summed E-state index contributed by atoms with van der Waals surface area (Å²) in [5, 5.41) is 10.9. The van der Waals surface area contributed by atoms with Crippen LogP contribution in [-0.4, -0.2) is 15.2 Å². The highest BCUT2D eigenvalue weighted by molar-refractivity contribution is 6.10. The standard InChI is InChI=1S/C38H28N4O/c1-25-21-27(24-29(22-25)42-36-19-8-4-15-32(36)33-16-5-9-20-37(33)42)40-38(43)39-26-11-10-12-28(23-26)41-34-17-6-2-13-30(34)31-14-3-7-18-35(31)41/h2-24H,1H3,(H2,39,40,43). The molecule has 5 nitrogen and oxygen atoms in total. The second kappa shape index (κ2) is 9.93. The molecule has 206 valence electrons. The maximum Gasteiger partial charge on any atom is 0.323 e. The summed E-state index contributed by atoms with van der Waals surface area (Å²) in [7, 11) is 0. The molecule has 0 saturated heterocycles. The number of para-hydroxylation sites is 4. The van der Waals surface area contributed by atoms with Gasteiger partial charge in [0, 0.05) is 44.3 Å². The zero-order chi connectivity index (χ0) is 28.9. The average molecular weight is 557 g/mol. The summed E-state index contributed by atoms with van der Waals surface area (Å²) in [5.41, 5.74) is 9.01. The van der Waals surface area contributed by atoms with E-state index >= 15 is 0 Å². The second-order valence-corrected chi connectivity index (χ2v) is 10.9. The van der Waals surface area contributed by atoms with Gasteiger partial charge < -0.3 is 19.8 Å². The quantitative estimate of drug-likeness (QED) is 0.223. The topological polar surface area (TPSA) is 51.0 Å². The lowest BCUT2D eigenvalue weighted by Gasteiger charge is -2.14. The molecule has 0 aliphatic heterocycles. The van der Waals surface area contributed by atoms with Crippen LogP contribution in [0, 0.1) is 6.92 Å². The third-order valence-electron chi connectivity index (χ3n) is 8.10. The summed E-state index contributed by atoms with van der Waals surface area (Å²) in [6, 6.07) is 47.5. The number of benzene rings is 6. The van der Waals surface area contributed by atoms with Gasteiger partial charge in [0.25, 0.3) is 0 Å². The fourth-order valence-electron chi connectivity index (χ4n) is 6.38. The van der Waals surface area contributed by atoms with Crippen LogP contribution >= 0.6 is 0 Å². The molecule has 2 heterocycles. The van der Waals surface area contributed by atoms with E-state index in [4.69, 9.17) is 0 Å². The lowest BCUT2D eigenvalue weighted by Crippen LogP contribution is -2.19. The van der Waals surface area contributed by atoms with E-state index in [0.29, 0.717) is 5.69 Å². The number of nitrogens with one attached hydrogen (secondary N) is 2. The van der Waals surface area contributed by atoms with E-state index in [-0.39, 0.29) is 6.03 Å². The number of rotatable bonds is 4. The van der Waals surface area contributed by atoms with Crippen LogP contribution in [-0.2, 0) is 0 Å². The minimum absolute atomic E-state index is 0.293. The Morgan fingerprint density at radius 3 is 1.44 bits per heavy atom. The molecule has 0 unspecified atom stereocenters. The highest BCUT2D eigenvalue weighted by Crippen LogP contribution is 2.34. The highest BCUT2D eigenvalue weighted by Gasteiger charge is 2.14. The number of fused-ring (bicyclic) bond motifs is 6. The summed E-state index contributed by atoms with van der Waals surface area (Å²) >= 11 is 0. The van der Waals surface area contributed by atoms with E-state index in [1.807, 2.05) is 30.3 Å². The summed E-state index contributed by atoms with van der Waals surface area (Å²) in [6.07, 6.45) is 0. The van der Waals surface area contributed by atoms with Crippen LogP contribution in [0.5, 0.6) is 0 Å². The van der Waals surface area contributed by atoms with E-state index in [1.54, 1.807) is 0 Å². The van der Waals surface area contributed by atoms with Crippen molar-refractivity contribution in [3.8, 4) is 11.4 Å². The number of amides is 2. The molecular weight excluding hydrogens is 528 g/mol. The molecule has 2 N–H and O–H groups in total. The predicted octanol–water partition coefficient (Wildman–Crippen LogP) is 9.83. The number of hydrogen-bond acceptors (Lipinski definition) is 1. The smallest absolute Gasteiger partial charge is 0.309 e. The number of aryl methyl sites for hydroxylation is 1. The fraction of sp³-hybridized carbons (Fsp3) is 0.0263. The summed E-state index contributed by atoms with van der Waals surface area (Å²) < 4.78 is 4.50. The van der Waals surface area contributed by atoms with Gasteiger partial charge in [-0.25, -0.2) is 4.79 Å². The zero-order valence-electron chi connectivity index (χ0n) is 23.6. The van der Waals surface area contributed by atoms with Gasteiger partial charge in [-0.15, -0.1) is 0 Å². The Bertz CT molecular complexity index is 2240. The van der Waals surface area contributed by atoms with Gasteiger partial charge in [0.1, 0.15) is 0 Å². The van der Waals surface area contributed by atoms with E-state index < -0.39 is 0 Å². The molecule has 0 aliphatic rings. The Hall–Kier alpha value is -5.81. The molecule has 43 heavy (non-hydrogen) atoms. The SMILES string of the molecule is Cc1cc(NC(=O)Nc2cccc(-n3c4ccccc4c4ccccc43)c2)cc(-n2c3ccccc3c3ccccc32)c1. The number of nitrogens with zero attached hydrogens (tertiary/aromatic N) is 2. The molecule has 5 heteroatoms. The highest BCUT2D eigenvalue weighted by atomic mass is 16.2. The number of aromatic nitrogens is 2. The summed E-state index contributed by atoms with van der Waals surface area (Å²) in [6.45, 7) is 2.05. The molecule has 8 aromatic rings. The van der Waals surface area contributed by atoms with Crippen LogP contribution in [0.2, 0.25) is 0 Å². The van der Waals surface area contributed by atoms with Crippen molar-refractivity contribution in [3.63, 3.8) is 0 Å². The second-order valence-electron chi connectivity index (χ2n) is 10.9. The number of anilines is 2. The molecule has 0 fully saturated rings. The normalized spacial score (nSPS) is 11.5. The van der Waals surface area contributed by atoms with Crippen molar-refractivity contribution in [2.24, 2.45) is 0 Å². The van der Waals surface area contributed by atoms with Gasteiger partial charge in [-0.2, -0.15) is 0 Å². The van der Waals surface area contributed by atoms with Crippen LogP contribution in [0.15, 0.2) is 140 Å². The lowest BCUT2D eigenvalue weighted by atomic mass is 10.2. The van der Waals surface area contributed by atoms with Crippen molar-refractivity contribution < 1.29 is 4.79 Å². The van der Waals surface area contributed by atoms with Gasteiger partial charge in [-0.05, 0) is 73.2 Å². The van der Waals surface area contributed by atoms with E-state index in [9.17, 15) is 4.79 Å². The number of carbonyl (C=O) groups excluding carboxylic acids is 1. The minimum Gasteiger partial charge on any atom is -0.309 e.